The molecule has 0 fully saturated rings. The molecule has 0 atom stereocenters. The lowest BCUT2D eigenvalue weighted by Crippen LogP contribution is -2.31. The van der Waals surface area contributed by atoms with Crippen LogP contribution in [-0.2, 0) is 4.79 Å². The van der Waals surface area contributed by atoms with Crippen LogP contribution in [0.2, 0.25) is 0 Å². The predicted octanol–water partition coefficient (Wildman–Crippen LogP) is 1.82. The number of halogens is 1. The van der Waals surface area contributed by atoms with Crippen molar-refractivity contribution in [1.82, 2.24) is 5.32 Å². The second-order valence-corrected chi connectivity index (χ2v) is 4.27. The normalized spacial score (nSPS) is 10.3. The summed E-state index contributed by atoms with van der Waals surface area (Å²) in [5.74, 6) is -2.08. The molecule has 0 heterocycles. The van der Waals surface area contributed by atoms with Gasteiger partial charge in [0.05, 0.1) is 13.0 Å². The largest absolute Gasteiger partial charge is 0.492 e. The Hall–Kier alpha value is -2.11. The predicted molar refractivity (Wildman–Crippen MR) is 66.8 cm³/mol. The number of carbonyl (C=O) groups excluding carboxylic acids is 1. The Morgan fingerprint density at radius 1 is 1.42 bits per heavy atom. The summed E-state index contributed by atoms with van der Waals surface area (Å²) in [6.45, 7) is 3.64. The highest BCUT2D eigenvalue weighted by atomic mass is 19.1. The van der Waals surface area contributed by atoms with E-state index in [1.807, 2.05) is 13.8 Å². The smallest absolute Gasteiger partial charge is 0.339 e. The Kier molecular flexibility index (Phi) is 5.29. The zero-order valence-electron chi connectivity index (χ0n) is 10.8. The van der Waals surface area contributed by atoms with Gasteiger partial charge in [0.15, 0.2) is 0 Å². The Labute approximate surface area is 110 Å². The fraction of sp³-hybridized carbons (Fsp3) is 0.385. The van der Waals surface area contributed by atoms with Crippen LogP contribution in [0.15, 0.2) is 18.2 Å². The first-order valence-corrected chi connectivity index (χ1v) is 5.85. The van der Waals surface area contributed by atoms with Gasteiger partial charge >= 0.3 is 5.97 Å². The molecule has 0 aromatic heterocycles. The summed E-state index contributed by atoms with van der Waals surface area (Å²) in [4.78, 5) is 22.2. The van der Waals surface area contributed by atoms with Crippen molar-refractivity contribution in [3.63, 3.8) is 0 Å². The Morgan fingerprint density at radius 3 is 2.68 bits per heavy atom. The van der Waals surface area contributed by atoms with E-state index in [1.165, 1.54) is 0 Å². The van der Waals surface area contributed by atoms with Crippen molar-refractivity contribution in [3.8, 4) is 5.75 Å². The minimum atomic E-state index is -1.21. The van der Waals surface area contributed by atoms with Crippen LogP contribution in [0, 0.1) is 5.82 Å². The third kappa shape index (κ3) is 4.95. The number of carbonyl (C=O) groups is 2. The number of benzene rings is 1. The van der Waals surface area contributed by atoms with Crippen molar-refractivity contribution in [2.24, 2.45) is 0 Å². The molecule has 5 nitrogen and oxygen atoms in total. The van der Waals surface area contributed by atoms with Crippen LogP contribution < -0.4 is 10.1 Å². The van der Waals surface area contributed by atoms with E-state index < -0.39 is 11.8 Å². The highest BCUT2D eigenvalue weighted by molar-refractivity contribution is 5.90. The van der Waals surface area contributed by atoms with Crippen LogP contribution in [0.5, 0.6) is 5.75 Å². The van der Waals surface area contributed by atoms with E-state index in [0.717, 1.165) is 18.2 Å². The molecular formula is C13H16FNO4. The highest BCUT2D eigenvalue weighted by Crippen LogP contribution is 2.20. The van der Waals surface area contributed by atoms with Crippen LogP contribution in [0.25, 0.3) is 0 Å². The van der Waals surface area contributed by atoms with Gasteiger partial charge in [-0.15, -0.1) is 0 Å². The summed E-state index contributed by atoms with van der Waals surface area (Å²) in [7, 11) is 0. The van der Waals surface area contributed by atoms with Crippen molar-refractivity contribution in [3.05, 3.63) is 29.6 Å². The molecule has 6 heteroatoms. The fourth-order valence-electron chi connectivity index (χ4n) is 1.44. The summed E-state index contributed by atoms with van der Waals surface area (Å²) in [5, 5.41) is 11.6. The number of amides is 1. The van der Waals surface area contributed by atoms with E-state index in [9.17, 15) is 14.0 Å². The number of nitrogens with one attached hydrogen (secondary N) is 1. The molecule has 0 aliphatic heterocycles. The fourth-order valence-corrected chi connectivity index (χ4v) is 1.44. The topological polar surface area (TPSA) is 75.6 Å². The maximum absolute atomic E-state index is 13.0. The highest BCUT2D eigenvalue weighted by Gasteiger charge is 2.13. The molecule has 0 saturated heterocycles. The molecule has 1 aromatic rings. The van der Waals surface area contributed by atoms with Gasteiger partial charge in [-0.05, 0) is 26.0 Å². The molecule has 19 heavy (non-hydrogen) atoms. The van der Waals surface area contributed by atoms with Gasteiger partial charge in [0.1, 0.15) is 17.1 Å². The first-order chi connectivity index (χ1) is 8.90. The molecule has 0 spiro atoms. The van der Waals surface area contributed by atoms with Crippen molar-refractivity contribution in [2.75, 3.05) is 6.61 Å². The van der Waals surface area contributed by atoms with Crippen LogP contribution >= 0.6 is 0 Å². The maximum atomic E-state index is 13.0. The average molecular weight is 269 g/mol. The van der Waals surface area contributed by atoms with E-state index in [4.69, 9.17) is 9.84 Å². The van der Waals surface area contributed by atoms with E-state index in [0.29, 0.717) is 0 Å². The molecule has 0 saturated carbocycles. The monoisotopic (exact) mass is 269 g/mol. The molecule has 2 N–H and O–H groups in total. The number of ether oxygens (including phenoxy) is 1. The molecule has 0 radical (unpaired) electrons. The Balaban J connectivity index is 2.60. The van der Waals surface area contributed by atoms with Crippen LogP contribution in [-0.4, -0.2) is 29.6 Å². The lowest BCUT2D eigenvalue weighted by atomic mass is 10.2. The summed E-state index contributed by atoms with van der Waals surface area (Å²) in [6, 6.07) is 3.18. The summed E-state index contributed by atoms with van der Waals surface area (Å²) in [5.41, 5.74) is -0.134. The molecule has 104 valence electrons. The van der Waals surface area contributed by atoms with Gasteiger partial charge < -0.3 is 15.2 Å². The standard InChI is InChI=1S/C13H16FNO4/c1-8(2)15-12(16)5-6-19-11-7-9(14)3-4-10(11)13(17)18/h3-4,7-8H,5-6H2,1-2H3,(H,15,16)(H,17,18). The zero-order chi connectivity index (χ0) is 14.4. The average Bonchev–Trinajstić information content (AvgIpc) is 2.27. The van der Waals surface area contributed by atoms with Crippen molar-refractivity contribution < 1.29 is 23.8 Å². The number of aromatic carboxylic acids is 1. The summed E-state index contributed by atoms with van der Waals surface area (Å²) in [6.07, 6.45) is 0.0771. The van der Waals surface area contributed by atoms with Gasteiger partial charge in [-0.2, -0.15) is 0 Å². The minimum Gasteiger partial charge on any atom is -0.492 e. The van der Waals surface area contributed by atoms with Gasteiger partial charge in [-0.3, -0.25) is 4.79 Å². The molecule has 0 aliphatic rings. The number of carboxylic acids is 1. The Morgan fingerprint density at radius 2 is 2.11 bits per heavy atom. The third-order valence-electron chi connectivity index (χ3n) is 2.21. The number of hydrogen-bond acceptors (Lipinski definition) is 3. The first kappa shape index (κ1) is 14.9. The second-order valence-electron chi connectivity index (χ2n) is 4.27. The second kappa shape index (κ2) is 6.72. The minimum absolute atomic E-state index is 0.0116. The van der Waals surface area contributed by atoms with Crippen molar-refractivity contribution in [1.29, 1.82) is 0 Å². The van der Waals surface area contributed by atoms with Crippen molar-refractivity contribution in [2.45, 2.75) is 26.3 Å². The van der Waals surface area contributed by atoms with E-state index in [2.05, 4.69) is 5.32 Å². The quantitative estimate of drug-likeness (QED) is 0.826. The number of rotatable bonds is 6. The SMILES string of the molecule is CC(C)NC(=O)CCOc1cc(F)ccc1C(=O)O. The van der Waals surface area contributed by atoms with Gasteiger partial charge in [0, 0.05) is 12.1 Å². The van der Waals surface area contributed by atoms with Crippen LogP contribution in [0.3, 0.4) is 0 Å². The van der Waals surface area contributed by atoms with E-state index >= 15 is 0 Å². The molecule has 0 aliphatic carbocycles. The van der Waals surface area contributed by atoms with Crippen molar-refractivity contribution >= 4 is 11.9 Å². The van der Waals surface area contributed by atoms with Gasteiger partial charge in [-0.1, -0.05) is 0 Å². The molecule has 1 rings (SSSR count). The van der Waals surface area contributed by atoms with Crippen LogP contribution in [0.4, 0.5) is 4.39 Å². The molecule has 0 bridgehead atoms. The summed E-state index contributed by atoms with van der Waals surface area (Å²) < 4.78 is 18.2. The van der Waals surface area contributed by atoms with Gasteiger partial charge in [-0.25, -0.2) is 9.18 Å². The van der Waals surface area contributed by atoms with Gasteiger partial charge in [0.2, 0.25) is 5.91 Å². The van der Waals surface area contributed by atoms with Gasteiger partial charge in [0.25, 0.3) is 0 Å². The van der Waals surface area contributed by atoms with E-state index in [1.54, 1.807) is 0 Å². The molecule has 1 aromatic carbocycles. The van der Waals surface area contributed by atoms with E-state index in [-0.39, 0.29) is 36.3 Å². The summed E-state index contributed by atoms with van der Waals surface area (Å²) >= 11 is 0. The molecule has 1 amide bonds. The molecule has 0 unspecified atom stereocenters. The molecular weight excluding hydrogens is 253 g/mol. The third-order valence-corrected chi connectivity index (χ3v) is 2.21. The number of hydrogen-bond donors (Lipinski definition) is 2. The lowest BCUT2D eigenvalue weighted by Gasteiger charge is -2.10. The number of carboxylic acid groups (broad SMARTS) is 1. The first-order valence-electron chi connectivity index (χ1n) is 5.85. The lowest BCUT2D eigenvalue weighted by molar-refractivity contribution is -0.122. The zero-order valence-corrected chi connectivity index (χ0v) is 10.8. The van der Waals surface area contributed by atoms with Crippen LogP contribution in [0.1, 0.15) is 30.6 Å². The maximum Gasteiger partial charge on any atom is 0.339 e. The Bertz CT molecular complexity index is 474.